The molecule has 1 aromatic rings. The van der Waals surface area contributed by atoms with E-state index in [1.165, 1.54) is 19.3 Å². The van der Waals surface area contributed by atoms with Crippen LogP contribution < -0.4 is 20.1 Å². The quantitative estimate of drug-likeness (QED) is 0.297. The molecule has 8 heteroatoms. The highest BCUT2D eigenvalue weighted by atomic mass is 127. The minimum Gasteiger partial charge on any atom is -0.493 e. The summed E-state index contributed by atoms with van der Waals surface area (Å²) in [7, 11) is 1.67. The summed E-state index contributed by atoms with van der Waals surface area (Å²) in [5, 5.41) is 6.41. The fourth-order valence-corrected chi connectivity index (χ4v) is 4.07. The number of halogens is 1. The third-order valence-corrected chi connectivity index (χ3v) is 5.73. The summed E-state index contributed by atoms with van der Waals surface area (Å²) in [6.45, 7) is 5.18. The Balaban J connectivity index is 0.00000341. The average Bonchev–Trinajstić information content (AvgIpc) is 3.30. The smallest absolute Gasteiger partial charge is 0.241 e. The maximum absolute atomic E-state index is 12.5. The number of piperidine rings is 1. The molecule has 0 unspecified atom stereocenters. The van der Waals surface area contributed by atoms with Gasteiger partial charge in [-0.1, -0.05) is 12.1 Å². The zero-order chi connectivity index (χ0) is 21.2. The second-order valence-corrected chi connectivity index (χ2v) is 7.96. The summed E-state index contributed by atoms with van der Waals surface area (Å²) >= 11 is 0. The number of para-hydroxylation sites is 1. The normalized spacial score (nSPS) is 17.1. The first-order chi connectivity index (χ1) is 14.7. The van der Waals surface area contributed by atoms with E-state index in [0.717, 1.165) is 62.4 Å². The summed E-state index contributed by atoms with van der Waals surface area (Å²) in [5.74, 6) is 2.30. The number of ether oxygens (including phenoxy) is 2. The number of guanidine groups is 1. The van der Waals surface area contributed by atoms with Gasteiger partial charge in [-0.15, -0.1) is 24.0 Å². The van der Waals surface area contributed by atoms with E-state index in [2.05, 4.69) is 10.6 Å². The number of likely N-dealkylation sites (tertiary alicyclic amines) is 1. The van der Waals surface area contributed by atoms with Crippen molar-refractivity contribution < 1.29 is 14.3 Å². The van der Waals surface area contributed by atoms with E-state index in [1.54, 1.807) is 7.11 Å². The Labute approximate surface area is 203 Å². The van der Waals surface area contributed by atoms with Crippen LogP contribution in [-0.2, 0) is 11.3 Å². The van der Waals surface area contributed by atoms with Gasteiger partial charge in [0.15, 0.2) is 17.5 Å². The van der Waals surface area contributed by atoms with Gasteiger partial charge in [0.1, 0.15) is 0 Å². The third-order valence-electron chi connectivity index (χ3n) is 5.73. The van der Waals surface area contributed by atoms with E-state index >= 15 is 0 Å². The fraction of sp³-hybridized carbons (Fsp3) is 0.652. The van der Waals surface area contributed by atoms with Gasteiger partial charge in [0.25, 0.3) is 0 Å². The minimum absolute atomic E-state index is 0. The number of amides is 1. The van der Waals surface area contributed by atoms with Crippen LogP contribution in [0, 0.1) is 0 Å². The lowest BCUT2D eigenvalue weighted by molar-refractivity contribution is -0.130. The summed E-state index contributed by atoms with van der Waals surface area (Å²) in [6.07, 6.45) is 8.26. The monoisotopic (exact) mass is 544 g/mol. The molecule has 3 rings (SSSR count). The molecule has 0 spiro atoms. The number of methoxy groups -OCH3 is 1. The van der Waals surface area contributed by atoms with Crippen molar-refractivity contribution in [3.63, 3.8) is 0 Å². The van der Waals surface area contributed by atoms with Crippen molar-refractivity contribution >= 4 is 35.8 Å². The summed E-state index contributed by atoms with van der Waals surface area (Å²) < 4.78 is 11.8. The third kappa shape index (κ3) is 7.73. The van der Waals surface area contributed by atoms with Crippen molar-refractivity contribution in [3.05, 3.63) is 23.8 Å². The number of carbonyl (C=O) groups is 1. The molecule has 1 saturated heterocycles. The SMILES string of the molecule is CCNC(=NCc1cccc(OC)c1OC1CCCC1)NCC(=O)N1CCCCC1.I. The zero-order valence-electron chi connectivity index (χ0n) is 18.8. The summed E-state index contributed by atoms with van der Waals surface area (Å²) in [4.78, 5) is 19.1. The molecule has 0 radical (unpaired) electrons. The zero-order valence-corrected chi connectivity index (χ0v) is 21.2. The second-order valence-electron chi connectivity index (χ2n) is 7.96. The predicted molar refractivity (Wildman–Crippen MR) is 135 cm³/mol. The van der Waals surface area contributed by atoms with Crippen molar-refractivity contribution in [1.82, 2.24) is 15.5 Å². The van der Waals surface area contributed by atoms with Crippen molar-refractivity contribution in [2.75, 3.05) is 33.3 Å². The first kappa shape index (κ1) is 25.5. The summed E-state index contributed by atoms with van der Waals surface area (Å²) in [5.41, 5.74) is 0.987. The van der Waals surface area contributed by atoms with Crippen LogP contribution in [0.25, 0.3) is 0 Å². The van der Waals surface area contributed by atoms with Gasteiger partial charge in [-0.05, 0) is 57.9 Å². The van der Waals surface area contributed by atoms with Crippen LogP contribution in [0.2, 0.25) is 0 Å². The minimum atomic E-state index is 0. The Morgan fingerprint density at radius 3 is 2.55 bits per heavy atom. The molecule has 1 aliphatic heterocycles. The van der Waals surface area contributed by atoms with E-state index in [-0.39, 0.29) is 42.5 Å². The molecule has 1 aliphatic carbocycles. The first-order valence-corrected chi connectivity index (χ1v) is 11.3. The van der Waals surface area contributed by atoms with Gasteiger partial charge in [-0.25, -0.2) is 4.99 Å². The lowest BCUT2D eigenvalue weighted by Gasteiger charge is -2.27. The number of benzene rings is 1. The number of nitrogens with one attached hydrogen (secondary N) is 2. The molecule has 0 aromatic heterocycles. The molecular formula is C23H37IN4O3. The van der Waals surface area contributed by atoms with Gasteiger partial charge in [-0.2, -0.15) is 0 Å². The van der Waals surface area contributed by atoms with Gasteiger partial charge in [-0.3, -0.25) is 4.79 Å². The van der Waals surface area contributed by atoms with Crippen LogP contribution in [0.1, 0.15) is 57.4 Å². The Morgan fingerprint density at radius 2 is 1.87 bits per heavy atom. The highest BCUT2D eigenvalue weighted by Gasteiger charge is 2.21. The number of nitrogens with zero attached hydrogens (tertiary/aromatic N) is 2. The van der Waals surface area contributed by atoms with Crippen molar-refractivity contribution in [2.24, 2.45) is 4.99 Å². The second kappa shape index (κ2) is 13.6. The van der Waals surface area contributed by atoms with Gasteiger partial charge < -0.3 is 25.0 Å². The topological polar surface area (TPSA) is 75.2 Å². The number of rotatable bonds is 8. The van der Waals surface area contributed by atoms with Gasteiger partial charge in [0.05, 0.1) is 26.3 Å². The lowest BCUT2D eigenvalue weighted by atomic mass is 10.1. The molecule has 1 saturated carbocycles. The standard InChI is InChI=1S/C23H36N4O3.HI/c1-3-24-23(26-17-21(28)27-14-7-4-8-15-27)25-16-18-10-9-13-20(29-2)22(18)30-19-11-5-6-12-19;/h9-10,13,19H,3-8,11-12,14-17H2,1-2H3,(H2,24,25,26);1H. The molecule has 2 aliphatic rings. The number of hydrogen-bond acceptors (Lipinski definition) is 4. The number of carbonyl (C=O) groups excluding carboxylic acids is 1. The van der Waals surface area contributed by atoms with Crippen LogP contribution in [0.4, 0.5) is 0 Å². The summed E-state index contributed by atoms with van der Waals surface area (Å²) in [6, 6.07) is 5.92. The van der Waals surface area contributed by atoms with Crippen molar-refractivity contribution in [1.29, 1.82) is 0 Å². The molecular weight excluding hydrogens is 507 g/mol. The van der Waals surface area contributed by atoms with Crippen LogP contribution >= 0.6 is 24.0 Å². The van der Waals surface area contributed by atoms with E-state index in [4.69, 9.17) is 14.5 Å². The van der Waals surface area contributed by atoms with Gasteiger partial charge >= 0.3 is 0 Å². The Bertz CT molecular complexity index is 717. The van der Waals surface area contributed by atoms with E-state index in [0.29, 0.717) is 12.5 Å². The van der Waals surface area contributed by atoms with Crippen LogP contribution in [0.3, 0.4) is 0 Å². The molecule has 0 bridgehead atoms. The molecule has 174 valence electrons. The molecule has 2 N–H and O–H groups in total. The molecule has 2 fully saturated rings. The van der Waals surface area contributed by atoms with E-state index in [1.807, 2.05) is 30.0 Å². The molecule has 0 atom stereocenters. The molecule has 7 nitrogen and oxygen atoms in total. The van der Waals surface area contributed by atoms with E-state index in [9.17, 15) is 4.79 Å². The van der Waals surface area contributed by atoms with Crippen LogP contribution in [0.15, 0.2) is 23.2 Å². The van der Waals surface area contributed by atoms with Crippen LogP contribution in [0.5, 0.6) is 11.5 Å². The molecule has 31 heavy (non-hydrogen) atoms. The largest absolute Gasteiger partial charge is 0.493 e. The predicted octanol–water partition coefficient (Wildman–Crippen LogP) is 3.70. The molecule has 1 heterocycles. The van der Waals surface area contributed by atoms with Crippen molar-refractivity contribution in [3.8, 4) is 11.5 Å². The Morgan fingerprint density at radius 1 is 1.13 bits per heavy atom. The highest BCUT2D eigenvalue weighted by molar-refractivity contribution is 14.0. The van der Waals surface area contributed by atoms with Crippen LogP contribution in [-0.4, -0.2) is 56.2 Å². The highest BCUT2D eigenvalue weighted by Crippen LogP contribution is 2.35. The maximum atomic E-state index is 12.5. The first-order valence-electron chi connectivity index (χ1n) is 11.3. The Kier molecular flexibility index (Phi) is 11.2. The molecule has 1 amide bonds. The number of hydrogen-bond donors (Lipinski definition) is 2. The van der Waals surface area contributed by atoms with Gasteiger partial charge in [0.2, 0.25) is 5.91 Å². The lowest BCUT2D eigenvalue weighted by Crippen LogP contribution is -2.46. The van der Waals surface area contributed by atoms with Gasteiger partial charge in [0, 0.05) is 25.2 Å². The van der Waals surface area contributed by atoms with E-state index < -0.39 is 0 Å². The maximum Gasteiger partial charge on any atom is 0.241 e. The molecule has 1 aromatic carbocycles. The average molecular weight is 544 g/mol. The number of aliphatic imine (C=N–C) groups is 1. The Hall–Kier alpha value is -1.71. The van der Waals surface area contributed by atoms with Crippen molar-refractivity contribution in [2.45, 2.75) is 64.5 Å². The fourth-order valence-electron chi connectivity index (χ4n) is 4.07.